The second-order valence-electron chi connectivity index (χ2n) is 5.43. The molecule has 0 saturated carbocycles. The second kappa shape index (κ2) is 8.48. The van der Waals surface area contributed by atoms with Crippen molar-refractivity contribution in [3.8, 4) is 0 Å². The molecular weight excluding hydrogens is 392 g/mol. The molecule has 0 aliphatic carbocycles. The summed E-state index contributed by atoms with van der Waals surface area (Å²) in [5, 5.41) is 4.42. The Hall–Kier alpha value is -2.16. The Labute approximate surface area is 163 Å². The van der Waals surface area contributed by atoms with E-state index in [9.17, 15) is 9.59 Å². The van der Waals surface area contributed by atoms with E-state index in [0.717, 1.165) is 10.4 Å². The zero-order valence-corrected chi connectivity index (χ0v) is 16.2. The fourth-order valence-electron chi connectivity index (χ4n) is 2.19. The van der Waals surface area contributed by atoms with Crippen molar-refractivity contribution in [3.63, 3.8) is 0 Å². The third kappa shape index (κ3) is 5.17. The summed E-state index contributed by atoms with van der Waals surface area (Å²) in [5.74, 6) is -0.0796. The predicted molar refractivity (Wildman–Crippen MR) is 105 cm³/mol. The van der Waals surface area contributed by atoms with Gasteiger partial charge in [-0.25, -0.2) is 9.97 Å². The van der Waals surface area contributed by atoms with Crippen molar-refractivity contribution >= 4 is 45.7 Å². The van der Waals surface area contributed by atoms with Crippen LogP contribution < -0.4 is 10.9 Å². The highest BCUT2D eigenvalue weighted by Gasteiger charge is 2.10. The fourth-order valence-corrected chi connectivity index (χ4v) is 3.96. The third-order valence-electron chi connectivity index (χ3n) is 3.31. The number of carbonyl (C=O) groups excluding carboxylic acids is 1. The first kappa shape index (κ1) is 18.6. The topological polar surface area (TPSA) is 87.7 Å². The minimum absolute atomic E-state index is 0.131. The summed E-state index contributed by atoms with van der Waals surface area (Å²) in [5.41, 5.74) is 1.39. The van der Waals surface area contributed by atoms with Crippen molar-refractivity contribution in [1.29, 1.82) is 0 Å². The standard InChI is InChI=1S/C17H15ClN4O2S2/c1-10-6-14(23)21-17(20-10)25-9-15(24)22-16-19-8-12(26-16)7-11-4-2-3-5-13(11)18/h2-6,8H,7,9H2,1H3,(H,19,22,24)(H,20,21,23). The summed E-state index contributed by atoms with van der Waals surface area (Å²) in [7, 11) is 0. The van der Waals surface area contributed by atoms with Crippen LogP contribution in [0, 0.1) is 6.92 Å². The number of benzene rings is 1. The summed E-state index contributed by atoms with van der Waals surface area (Å²) in [6, 6.07) is 9.04. The van der Waals surface area contributed by atoms with E-state index >= 15 is 0 Å². The summed E-state index contributed by atoms with van der Waals surface area (Å²) >= 11 is 8.74. The molecule has 3 aromatic rings. The molecule has 9 heteroatoms. The molecule has 0 aliphatic rings. The average molecular weight is 407 g/mol. The minimum atomic E-state index is -0.232. The minimum Gasteiger partial charge on any atom is -0.301 e. The lowest BCUT2D eigenvalue weighted by Gasteiger charge is -2.02. The normalized spacial score (nSPS) is 10.7. The number of amides is 1. The number of hydrogen-bond acceptors (Lipinski definition) is 6. The van der Waals surface area contributed by atoms with Gasteiger partial charge in [-0.1, -0.05) is 41.6 Å². The molecule has 0 spiro atoms. The van der Waals surface area contributed by atoms with Crippen LogP contribution >= 0.6 is 34.7 Å². The summed E-state index contributed by atoms with van der Waals surface area (Å²) < 4.78 is 0. The van der Waals surface area contributed by atoms with Crippen LogP contribution in [0.4, 0.5) is 5.13 Å². The van der Waals surface area contributed by atoms with Crippen LogP contribution in [0.25, 0.3) is 0 Å². The Balaban J connectivity index is 1.56. The number of carbonyl (C=O) groups is 1. The number of anilines is 1. The van der Waals surface area contributed by atoms with Crippen LogP contribution in [0.3, 0.4) is 0 Å². The molecule has 1 aromatic carbocycles. The highest BCUT2D eigenvalue weighted by atomic mass is 35.5. The van der Waals surface area contributed by atoms with Crippen molar-refractivity contribution < 1.29 is 4.79 Å². The molecule has 6 nitrogen and oxygen atoms in total. The molecule has 0 bridgehead atoms. The molecule has 0 radical (unpaired) electrons. The smallest absolute Gasteiger partial charge is 0.251 e. The monoisotopic (exact) mass is 406 g/mol. The maximum Gasteiger partial charge on any atom is 0.251 e. The largest absolute Gasteiger partial charge is 0.301 e. The third-order valence-corrected chi connectivity index (χ3v) is 5.47. The average Bonchev–Trinajstić information content (AvgIpc) is 3.01. The number of hydrogen-bond donors (Lipinski definition) is 2. The van der Waals surface area contributed by atoms with Gasteiger partial charge in [0.1, 0.15) is 0 Å². The molecule has 0 saturated heterocycles. The molecule has 0 aliphatic heterocycles. The van der Waals surface area contributed by atoms with Crippen molar-refractivity contribution in [3.05, 3.63) is 68.0 Å². The maximum absolute atomic E-state index is 12.1. The van der Waals surface area contributed by atoms with Crippen molar-refractivity contribution in [2.75, 3.05) is 11.1 Å². The lowest BCUT2D eigenvalue weighted by molar-refractivity contribution is -0.113. The van der Waals surface area contributed by atoms with Gasteiger partial charge < -0.3 is 10.3 Å². The number of halogens is 1. The number of H-pyrrole nitrogens is 1. The molecule has 0 unspecified atom stereocenters. The van der Waals surface area contributed by atoms with Gasteiger partial charge in [0, 0.05) is 34.3 Å². The number of nitrogens with one attached hydrogen (secondary N) is 2. The number of aromatic nitrogens is 3. The Bertz CT molecular complexity index is 987. The van der Waals surface area contributed by atoms with E-state index in [1.54, 1.807) is 13.1 Å². The fraction of sp³-hybridized carbons (Fsp3) is 0.176. The van der Waals surface area contributed by atoms with Gasteiger partial charge in [0.05, 0.1) is 5.75 Å². The van der Waals surface area contributed by atoms with Gasteiger partial charge in [0.15, 0.2) is 10.3 Å². The molecule has 2 N–H and O–H groups in total. The van der Waals surface area contributed by atoms with Gasteiger partial charge in [0.2, 0.25) is 5.91 Å². The highest BCUT2D eigenvalue weighted by molar-refractivity contribution is 7.99. The first-order chi connectivity index (χ1) is 12.5. The van der Waals surface area contributed by atoms with Crippen LogP contribution in [0.5, 0.6) is 0 Å². The van der Waals surface area contributed by atoms with E-state index in [1.165, 1.54) is 29.2 Å². The van der Waals surface area contributed by atoms with Gasteiger partial charge in [-0.15, -0.1) is 11.3 Å². The molecular formula is C17H15ClN4O2S2. The summed E-state index contributed by atoms with van der Waals surface area (Å²) in [6.45, 7) is 1.73. The van der Waals surface area contributed by atoms with Crippen molar-refractivity contribution in [1.82, 2.24) is 15.0 Å². The molecule has 1 amide bonds. The van der Waals surface area contributed by atoms with E-state index in [1.807, 2.05) is 24.3 Å². The van der Waals surface area contributed by atoms with E-state index in [2.05, 4.69) is 20.3 Å². The first-order valence-corrected chi connectivity index (χ1v) is 9.86. The van der Waals surface area contributed by atoms with Gasteiger partial charge >= 0.3 is 0 Å². The number of nitrogens with zero attached hydrogens (tertiary/aromatic N) is 2. The molecule has 0 fully saturated rings. The Morgan fingerprint density at radius 2 is 2.19 bits per heavy atom. The second-order valence-corrected chi connectivity index (χ2v) is 7.92. The molecule has 26 heavy (non-hydrogen) atoms. The number of aryl methyl sites for hydroxylation is 1. The SMILES string of the molecule is Cc1cc(=O)[nH]c(SCC(=O)Nc2ncc(Cc3ccccc3Cl)s2)n1. The molecule has 3 rings (SSSR count). The quantitative estimate of drug-likeness (QED) is 0.483. The zero-order chi connectivity index (χ0) is 18.5. The Morgan fingerprint density at radius 3 is 2.96 bits per heavy atom. The van der Waals surface area contributed by atoms with Crippen molar-refractivity contribution in [2.24, 2.45) is 0 Å². The van der Waals surface area contributed by atoms with Crippen molar-refractivity contribution in [2.45, 2.75) is 18.5 Å². The molecule has 134 valence electrons. The van der Waals surface area contributed by atoms with Crippen LogP contribution in [-0.4, -0.2) is 26.6 Å². The number of rotatable bonds is 6. The lowest BCUT2D eigenvalue weighted by Crippen LogP contribution is -2.15. The van der Waals surface area contributed by atoms with Gasteiger partial charge in [-0.2, -0.15) is 0 Å². The van der Waals surface area contributed by atoms with Crippen LogP contribution in [0.15, 0.2) is 46.5 Å². The Kier molecular flexibility index (Phi) is 6.08. The maximum atomic E-state index is 12.1. The summed E-state index contributed by atoms with van der Waals surface area (Å²) in [6.07, 6.45) is 2.40. The molecule has 0 atom stereocenters. The van der Waals surface area contributed by atoms with Crippen LogP contribution in [0.1, 0.15) is 16.1 Å². The van der Waals surface area contributed by atoms with Gasteiger partial charge in [0.25, 0.3) is 5.56 Å². The van der Waals surface area contributed by atoms with E-state index in [-0.39, 0.29) is 17.2 Å². The Morgan fingerprint density at radius 1 is 1.38 bits per heavy atom. The molecule has 2 heterocycles. The number of thiazole rings is 1. The zero-order valence-electron chi connectivity index (χ0n) is 13.8. The summed E-state index contributed by atoms with van der Waals surface area (Å²) in [4.78, 5) is 35.5. The van der Waals surface area contributed by atoms with E-state index < -0.39 is 0 Å². The van der Waals surface area contributed by atoms with Crippen LogP contribution in [-0.2, 0) is 11.2 Å². The van der Waals surface area contributed by atoms with E-state index in [0.29, 0.717) is 27.4 Å². The first-order valence-electron chi connectivity index (χ1n) is 7.68. The van der Waals surface area contributed by atoms with E-state index in [4.69, 9.17) is 11.6 Å². The molecule has 2 aromatic heterocycles. The lowest BCUT2D eigenvalue weighted by atomic mass is 10.1. The van der Waals surface area contributed by atoms with Crippen LogP contribution in [0.2, 0.25) is 5.02 Å². The highest BCUT2D eigenvalue weighted by Crippen LogP contribution is 2.25. The van der Waals surface area contributed by atoms with Gasteiger partial charge in [-0.3, -0.25) is 9.59 Å². The number of thioether (sulfide) groups is 1. The number of aromatic amines is 1. The predicted octanol–water partition coefficient (Wildman–Crippen LogP) is 3.51. The van der Waals surface area contributed by atoms with Gasteiger partial charge in [-0.05, 0) is 18.6 Å².